The number of benzene rings is 2. The molecule has 0 aliphatic rings. The Morgan fingerprint density at radius 3 is 2.31 bits per heavy atom. The van der Waals surface area contributed by atoms with Crippen LogP contribution in [-0.2, 0) is 23.1 Å². The first-order valence-corrected chi connectivity index (χ1v) is 10.7. The van der Waals surface area contributed by atoms with Crippen LogP contribution in [0.1, 0.15) is 32.1 Å². The molecule has 0 saturated heterocycles. The number of ether oxygens (including phenoxy) is 1. The van der Waals surface area contributed by atoms with Gasteiger partial charge in [-0.1, -0.05) is 29.5 Å². The summed E-state index contributed by atoms with van der Waals surface area (Å²) in [5, 5.41) is 14.3. The van der Waals surface area contributed by atoms with Crippen LogP contribution in [0.5, 0.6) is 0 Å². The van der Waals surface area contributed by atoms with Gasteiger partial charge in [0.05, 0.1) is 25.0 Å². The molecule has 2 N–H and O–H groups in total. The lowest BCUT2D eigenvalue weighted by molar-refractivity contribution is -0.113. The zero-order valence-corrected chi connectivity index (χ0v) is 18.7. The Morgan fingerprint density at radius 2 is 1.66 bits per heavy atom. The minimum atomic E-state index is -0.438. The Morgan fingerprint density at radius 1 is 1.00 bits per heavy atom. The average Bonchev–Trinajstić information content (AvgIpc) is 3.15. The molecule has 0 atom stereocenters. The topological polar surface area (TPSA) is 115 Å². The molecule has 3 aromatic rings. The number of anilines is 1. The van der Waals surface area contributed by atoms with Gasteiger partial charge in [0, 0.05) is 18.3 Å². The van der Waals surface area contributed by atoms with Crippen LogP contribution in [0.15, 0.2) is 53.7 Å². The minimum Gasteiger partial charge on any atom is -0.465 e. The van der Waals surface area contributed by atoms with Crippen molar-refractivity contribution in [3.8, 4) is 0 Å². The Kier molecular flexibility index (Phi) is 7.61. The predicted octanol–water partition coefficient (Wildman–Crippen LogP) is 2.57. The quantitative estimate of drug-likeness (QED) is 0.398. The third kappa shape index (κ3) is 5.94. The van der Waals surface area contributed by atoms with Crippen molar-refractivity contribution in [1.82, 2.24) is 20.1 Å². The van der Waals surface area contributed by atoms with Gasteiger partial charge in [-0.15, -0.1) is 10.2 Å². The lowest BCUT2D eigenvalue weighted by atomic mass is 10.1. The smallest absolute Gasteiger partial charge is 0.337 e. The third-order valence-corrected chi connectivity index (χ3v) is 5.59. The van der Waals surface area contributed by atoms with Crippen molar-refractivity contribution in [2.24, 2.45) is 7.05 Å². The summed E-state index contributed by atoms with van der Waals surface area (Å²) in [7, 11) is 3.09. The number of thioether (sulfide) groups is 1. The van der Waals surface area contributed by atoms with Gasteiger partial charge in [0.25, 0.3) is 5.91 Å². The molecule has 166 valence electrons. The van der Waals surface area contributed by atoms with Crippen LogP contribution in [0.2, 0.25) is 0 Å². The van der Waals surface area contributed by atoms with Crippen molar-refractivity contribution in [3.63, 3.8) is 0 Å². The first-order valence-electron chi connectivity index (χ1n) is 9.71. The lowest BCUT2D eigenvalue weighted by Crippen LogP contribution is -2.24. The van der Waals surface area contributed by atoms with Crippen LogP contribution in [0.4, 0.5) is 5.69 Å². The largest absolute Gasteiger partial charge is 0.465 e. The van der Waals surface area contributed by atoms with Crippen LogP contribution >= 0.6 is 11.8 Å². The standard InChI is InChI=1S/C22H23N5O4S/c1-14-4-6-15(7-5-14)20(29)23-12-18-25-26-22(27(18)2)32-13-19(28)24-17-10-8-16(9-11-17)21(30)31-3/h4-11H,12-13H2,1-3H3,(H,23,29)(H,24,28). The Labute approximate surface area is 189 Å². The fourth-order valence-corrected chi connectivity index (χ4v) is 3.46. The van der Waals surface area contributed by atoms with Crippen molar-refractivity contribution < 1.29 is 19.1 Å². The Hall–Kier alpha value is -3.66. The van der Waals surface area contributed by atoms with Crippen LogP contribution < -0.4 is 10.6 Å². The van der Waals surface area contributed by atoms with Crippen LogP contribution in [0.25, 0.3) is 0 Å². The number of carbonyl (C=O) groups excluding carboxylic acids is 3. The molecular formula is C22H23N5O4S. The molecule has 1 aromatic heterocycles. The summed E-state index contributed by atoms with van der Waals surface area (Å²) in [6.07, 6.45) is 0. The van der Waals surface area contributed by atoms with Crippen molar-refractivity contribution in [1.29, 1.82) is 0 Å². The van der Waals surface area contributed by atoms with Gasteiger partial charge in [-0.3, -0.25) is 9.59 Å². The lowest BCUT2D eigenvalue weighted by Gasteiger charge is -2.07. The number of aromatic nitrogens is 3. The maximum Gasteiger partial charge on any atom is 0.337 e. The fraction of sp³-hybridized carbons (Fsp3) is 0.227. The first kappa shape index (κ1) is 23.0. The molecule has 9 nitrogen and oxygen atoms in total. The van der Waals surface area contributed by atoms with E-state index in [0.29, 0.717) is 27.8 Å². The van der Waals surface area contributed by atoms with Gasteiger partial charge in [0.15, 0.2) is 11.0 Å². The van der Waals surface area contributed by atoms with Gasteiger partial charge < -0.3 is 19.9 Å². The van der Waals surface area contributed by atoms with E-state index in [2.05, 4.69) is 25.6 Å². The number of amides is 2. The number of hydrogen-bond acceptors (Lipinski definition) is 7. The summed E-state index contributed by atoms with van der Waals surface area (Å²) in [6.45, 7) is 2.18. The van der Waals surface area contributed by atoms with Crippen molar-refractivity contribution >= 4 is 35.2 Å². The molecule has 2 amide bonds. The molecule has 0 fully saturated rings. The highest BCUT2D eigenvalue weighted by atomic mass is 32.2. The van der Waals surface area contributed by atoms with E-state index in [4.69, 9.17) is 0 Å². The molecule has 0 radical (unpaired) electrons. The molecule has 0 bridgehead atoms. The number of aryl methyl sites for hydroxylation is 1. The normalized spacial score (nSPS) is 10.5. The summed E-state index contributed by atoms with van der Waals surface area (Å²) in [5.41, 5.74) is 2.63. The van der Waals surface area contributed by atoms with Crippen molar-refractivity contribution in [3.05, 3.63) is 71.0 Å². The molecule has 10 heteroatoms. The minimum absolute atomic E-state index is 0.125. The van der Waals surface area contributed by atoms with E-state index in [1.807, 2.05) is 19.1 Å². The number of rotatable bonds is 8. The summed E-state index contributed by atoms with van der Waals surface area (Å²) in [5.74, 6) is -0.156. The molecule has 32 heavy (non-hydrogen) atoms. The molecule has 2 aromatic carbocycles. The second-order valence-electron chi connectivity index (χ2n) is 6.91. The van der Waals surface area contributed by atoms with Crippen LogP contribution in [0, 0.1) is 6.92 Å². The second-order valence-corrected chi connectivity index (χ2v) is 7.85. The number of nitrogens with zero attached hydrogens (tertiary/aromatic N) is 3. The second kappa shape index (κ2) is 10.6. The molecule has 0 aliphatic heterocycles. The number of carbonyl (C=O) groups is 3. The highest BCUT2D eigenvalue weighted by Crippen LogP contribution is 2.17. The fourth-order valence-electron chi connectivity index (χ4n) is 2.73. The molecule has 1 heterocycles. The maximum atomic E-state index is 12.3. The Bertz CT molecular complexity index is 1110. The van der Waals surface area contributed by atoms with Gasteiger partial charge in [-0.25, -0.2) is 4.79 Å². The first-order chi connectivity index (χ1) is 15.4. The van der Waals surface area contributed by atoms with E-state index in [1.165, 1.54) is 18.9 Å². The molecule has 0 aliphatic carbocycles. The van der Waals surface area contributed by atoms with E-state index in [-0.39, 0.29) is 24.1 Å². The molecule has 3 rings (SSSR count). The average molecular weight is 454 g/mol. The number of esters is 1. The maximum absolute atomic E-state index is 12.3. The monoisotopic (exact) mass is 453 g/mol. The number of nitrogens with one attached hydrogen (secondary N) is 2. The molecular weight excluding hydrogens is 430 g/mol. The summed E-state index contributed by atoms with van der Waals surface area (Å²) in [4.78, 5) is 36.0. The van der Waals surface area contributed by atoms with E-state index in [0.717, 1.165) is 5.56 Å². The molecule has 0 spiro atoms. The zero-order chi connectivity index (χ0) is 23.1. The van der Waals surface area contributed by atoms with Gasteiger partial charge >= 0.3 is 5.97 Å². The number of methoxy groups -OCH3 is 1. The summed E-state index contributed by atoms with van der Waals surface area (Å²) < 4.78 is 6.38. The van der Waals surface area contributed by atoms with E-state index < -0.39 is 5.97 Å². The van der Waals surface area contributed by atoms with E-state index >= 15 is 0 Å². The summed E-state index contributed by atoms with van der Waals surface area (Å²) in [6, 6.07) is 13.7. The van der Waals surface area contributed by atoms with Gasteiger partial charge in [-0.2, -0.15) is 0 Å². The van der Waals surface area contributed by atoms with Crippen LogP contribution in [-0.4, -0.2) is 45.4 Å². The Balaban J connectivity index is 1.49. The third-order valence-electron chi connectivity index (χ3n) is 4.57. The molecule has 0 saturated carbocycles. The molecule has 0 unspecified atom stereocenters. The zero-order valence-electron chi connectivity index (χ0n) is 17.9. The van der Waals surface area contributed by atoms with Gasteiger partial charge in [0.2, 0.25) is 5.91 Å². The van der Waals surface area contributed by atoms with Crippen molar-refractivity contribution in [2.75, 3.05) is 18.2 Å². The number of hydrogen-bond donors (Lipinski definition) is 2. The van der Waals surface area contributed by atoms with E-state index in [9.17, 15) is 14.4 Å². The van der Waals surface area contributed by atoms with Gasteiger partial charge in [-0.05, 0) is 43.3 Å². The highest BCUT2D eigenvalue weighted by Gasteiger charge is 2.13. The van der Waals surface area contributed by atoms with Crippen LogP contribution in [0.3, 0.4) is 0 Å². The van der Waals surface area contributed by atoms with Gasteiger partial charge in [0.1, 0.15) is 0 Å². The highest BCUT2D eigenvalue weighted by molar-refractivity contribution is 7.99. The van der Waals surface area contributed by atoms with E-state index in [1.54, 1.807) is 48.0 Å². The van der Waals surface area contributed by atoms with Crippen molar-refractivity contribution in [2.45, 2.75) is 18.6 Å². The SMILES string of the molecule is COC(=O)c1ccc(NC(=O)CSc2nnc(CNC(=O)c3ccc(C)cc3)n2C)cc1. The summed E-state index contributed by atoms with van der Waals surface area (Å²) >= 11 is 1.23. The predicted molar refractivity (Wildman–Crippen MR) is 120 cm³/mol.